The summed E-state index contributed by atoms with van der Waals surface area (Å²) in [6.07, 6.45) is -3.21. The lowest BCUT2D eigenvalue weighted by molar-refractivity contribution is -0.137. The van der Waals surface area contributed by atoms with Crippen LogP contribution in [0, 0.1) is 13.8 Å². The lowest BCUT2D eigenvalue weighted by Crippen LogP contribution is -2.28. The van der Waals surface area contributed by atoms with E-state index >= 15 is 0 Å². The molecule has 2 aromatic rings. The van der Waals surface area contributed by atoms with Crippen LogP contribution in [0.1, 0.15) is 32.6 Å². The van der Waals surface area contributed by atoms with Crippen LogP contribution in [0.15, 0.2) is 24.4 Å². The molecule has 0 saturated carbocycles. The first kappa shape index (κ1) is 15.0. The second-order valence-electron chi connectivity index (χ2n) is 4.51. The minimum absolute atomic E-state index is 0.433. The maximum absolute atomic E-state index is 12.6. The maximum Gasteiger partial charge on any atom is 0.443 e. The highest BCUT2D eigenvalue weighted by atomic mass is 32.1. The highest BCUT2D eigenvalue weighted by Gasteiger charge is 2.35. The van der Waals surface area contributed by atoms with Gasteiger partial charge in [0, 0.05) is 11.1 Å². The summed E-state index contributed by atoms with van der Waals surface area (Å²) < 4.78 is 37.8. The number of aryl methyl sites for hydroxylation is 2. The van der Waals surface area contributed by atoms with E-state index in [0.717, 1.165) is 16.7 Å². The van der Waals surface area contributed by atoms with E-state index in [4.69, 9.17) is 5.84 Å². The molecule has 1 heterocycles. The summed E-state index contributed by atoms with van der Waals surface area (Å²) in [4.78, 5) is 3.85. The molecule has 3 N–H and O–H groups in total. The van der Waals surface area contributed by atoms with Crippen molar-refractivity contribution in [3.63, 3.8) is 0 Å². The number of thiazole rings is 1. The second-order valence-corrected chi connectivity index (χ2v) is 5.57. The SMILES string of the molecule is Cc1ccc(C(NN)c2cnc(C(F)(F)F)s2)cc1C. The van der Waals surface area contributed by atoms with Crippen LogP contribution < -0.4 is 11.3 Å². The van der Waals surface area contributed by atoms with Crippen molar-refractivity contribution in [2.24, 2.45) is 5.84 Å². The largest absolute Gasteiger partial charge is 0.443 e. The Morgan fingerprint density at radius 1 is 1.25 bits per heavy atom. The molecule has 0 spiro atoms. The van der Waals surface area contributed by atoms with E-state index in [1.54, 1.807) is 0 Å². The predicted molar refractivity (Wildman–Crippen MR) is 72.2 cm³/mol. The summed E-state index contributed by atoms with van der Waals surface area (Å²) in [6.45, 7) is 3.92. The minimum Gasteiger partial charge on any atom is -0.271 e. The number of nitrogens with two attached hydrogens (primary N) is 1. The maximum atomic E-state index is 12.6. The van der Waals surface area contributed by atoms with Crippen molar-refractivity contribution in [2.75, 3.05) is 0 Å². The number of aromatic nitrogens is 1. The number of hydrogen-bond acceptors (Lipinski definition) is 4. The normalized spacial score (nSPS) is 13.5. The lowest BCUT2D eigenvalue weighted by Gasteiger charge is -2.15. The molecular formula is C13H14F3N3S. The Labute approximate surface area is 118 Å². The molecule has 3 nitrogen and oxygen atoms in total. The zero-order valence-electron chi connectivity index (χ0n) is 11.0. The van der Waals surface area contributed by atoms with E-state index < -0.39 is 17.2 Å². The molecule has 1 aromatic heterocycles. The summed E-state index contributed by atoms with van der Waals surface area (Å²) in [7, 11) is 0. The smallest absolute Gasteiger partial charge is 0.271 e. The van der Waals surface area contributed by atoms with E-state index in [1.807, 2.05) is 32.0 Å². The highest BCUT2D eigenvalue weighted by Crippen LogP contribution is 2.35. The summed E-state index contributed by atoms with van der Waals surface area (Å²) in [6, 6.07) is 5.18. The van der Waals surface area contributed by atoms with Crippen LogP contribution >= 0.6 is 11.3 Å². The van der Waals surface area contributed by atoms with Crippen LogP contribution in [0.25, 0.3) is 0 Å². The van der Waals surface area contributed by atoms with Crippen molar-refractivity contribution < 1.29 is 13.2 Å². The van der Waals surface area contributed by atoms with Crippen molar-refractivity contribution in [1.29, 1.82) is 0 Å². The van der Waals surface area contributed by atoms with E-state index in [2.05, 4.69) is 10.4 Å². The monoisotopic (exact) mass is 301 g/mol. The summed E-state index contributed by atoms with van der Waals surface area (Å²) in [5, 5.41) is -0.864. The third-order valence-electron chi connectivity index (χ3n) is 3.08. The van der Waals surface area contributed by atoms with Gasteiger partial charge in [-0.3, -0.25) is 5.84 Å². The second kappa shape index (κ2) is 5.51. The Kier molecular flexibility index (Phi) is 4.12. The Bertz CT molecular complexity index is 607. The molecule has 0 bridgehead atoms. The van der Waals surface area contributed by atoms with E-state index in [0.29, 0.717) is 16.2 Å². The molecule has 0 radical (unpaired) electrons. The molecule has 1 atom stereocenters. The number of rotatable bonds is 3. The van der Waals surface area contributed by atoms with Gasteiger partial charge in [-0.1, -0.05) is 18.2 Å². The summed E-state index contributed by atoms with van der Waals surface area (Å²) in [5.41, 5.74) is 5.54. The molecule has 108 valence electrons. The molecule has 2 rings (SSSR count). The average molecular weight is 301 g/mol. The van der Waals surface area contributed by atoms with Crippen molar-refractivity contribution in [3.8, 4) is 0 Å². The number of hydrogen-bond donors (Lipinski definition) is 2. The van der Waals surface area contributed by atoms with Crippen LogP contribution in [-0.4, -0.2) is 4.98 Å². The Morgan fingerprint density at radius 2 is 1.95 bits per heavy atom. The fourth-order valence-corrected chi connectivity index (χ4v) is 2.71. The zero-order valence-corrected chi connectivity index (χ0v) is 11.8. The van der Waals surface area contributed by atoms with Gasteiger partial charge in [-0.2, -0.15) is 13.2 Å². The molecule has 0 amide bonds. The van der Waals surface area contributed by atoms with Gasteiger partial charge in [0.15, 0.2) is 5.01 Å². The molecule has 1 unspecified atom stereocenters. The van der Waals surface area contributed by atoms with E-state index in [-0.39, 0.29) is 0 Å². The molecule has 0 saturated heterocycles. The number of hydrazine groups is 1. The van der Waals surface area contributed by atoms with Crippen LogP contribution in [0.5, 0.6) is 0 Å². The van der Waals surface area contributed by atoms with Crippen molar-refractivity contribution >= 4 is 11.3 Å². The average Bonchev–Trinajstić information content (AvgIpc) is 2.84. The van der Waals surface area contributed by atoms with Crippen LogP contribution in [-0.2, 0) is 6.18 Å². The van der Waals surface area contributed by atoms with Gasteiger partial charge in [-0.05, 0) is 30.5 Å². The number of nitrogens with zero attached hydrogens (tertiary/aromatic N) is 1. The molecule has 0 aliphatic rings. The molecule has 0 aliphatic carbocycles. The molecule has 0 aliphatic heterocycles. The standard InChI is InChI=1S/C13H14F3N3S/c1-7-3-4-9(5-8(7)2)11(19-17)10-6-18-12(20-10)13(14,15)16/h3-6,11,19H,17H2,1-2H3. The molecule has 0 fully saturated rings. The van der Waals surface area contributed by atoms with Gasteiger partial charge in [0.1, 0.15) is 0 Å². The Balaban J connectivity index is 2.37. The first-order valence-electron chi connectivity index (χ1n) is 5.89. The summed E-state index contributed by atoms with van der Waals surface area (Å²) >= 11 is 0.599. The molecular weight excluding hydrogens is 287 g/mol. The Morgan fingerprint density at radius 3 is 2.45 bits per heavy atom. The van der Waals surface area contributed by atoms with Gasteiger partial charge in [-0.25, -0.2) is 10.4 Å². The number of nitrogens with one attached hydrogen (secondary N) is 1. The molecule has 20 heavy (non-hydrogen) atoms. The van der Waals surface area contributed by atoms with Gasteiger partial charge in [-0.15, -0.1) is 11.3 Å². The number of benzene rings is 1. The topological polar surface area (TPSA) is 50.9 Å². The first-order valence-corrected chi connectivity index (χ1v) is 6.70. The van der Waals surface area contributed by atoms with Crippen LogP contribution in [0.3, 0.4) is 0 Å². The fraction of sp³-hybridized carbons (Fsp3) is 0.308. The third-order valence-corrected chi connectivity index (χ3v) is 4.19. The quantitative estimate of drug-likeness (QED) is 0.675. The van der Waals surface area contributed by atoms with Crippen LogP contribution in [0.2, 0.25) is 0 Å². The zero-order chi connectivity index (χ0) is 14.9. The number of alkyl halides is 3. The molecule has 1 aromatic carbocycles. The predicted octanol–water partition coefficient (Wildman–Crippen LogP) is 3.33. The van der Waals surface area contributed by atoms with Gasteiger partial charge >= 0.3 is 6.18 Å². The number of halogens is 3. The molecule has 7 heteroatoms. The lowest BCUT2D eigenvalue weighted by atomic mass is 10.0. The summed E-state index contributed by atoms with van der Waals surface area (Å²) in [5.74, 6) is 5.49. The van der Waals surface area contributed by atoms with E-state index in [1.165, 1.54) is 6.20 Å². The van der Waals surface area contributed by atoms with Gasteiger partial charge in [0.2, 0.25) is 0 Å². The van der Waals surface area contributed by atoms with Crippen molar-refractivity contribution in [2.45, 2.75) is 26.1 Å². The van der Waals surface area contributed by atoms with Gasteiger partial charge < -0.3 is 0 Å². The van der Waals surface area contributed by atoms with E-state index in [9.17, 15) is 13.2 Å². The minimum atomic E-state index is -4.43. The van der Waals surface area contributed by atoms with Gasteiger partial charge in [0.05, 0.1) is 6.04 Å². The highest BCUT2D eigenvalue weighted by molar-refractivity contribution is 7.11. The Hall–Kier alpha value is -1.44. The van der Waals surface area contributed by atoms with Crippen molar-refractivity contribution in [1.82, 2.24) is 10.4 Å². The van der Waals surface area contributed by atoms with Gasteiger partial charge in [0.25, 0.3) is 0 Å². The third kappa shape index (κ3) is 3.00. The fourth-order valence-electron chi connectivity index (χ4n) is 1.84. The first-order chi connectivity index (χ1) is 9.32. The van der Waals surface area contributed by atoms with Crippen molar-refractivity contribution in [3.05, 3.63) is 51.0 Å². The van der Waals surface area contributed by atoms with Crippen LogP contribution in [0.4, 0.5) is 13.2 Å².